The summed E-state index contributed by atoms with van der Waals surface area (Å²) >= 11 is 0. The second kappa shape index (κ2) is 9.35. The Morgan fingerprint density at radius 1 is 1.15 bits per heavy atom. The van der Waals surface area contributed by atoms with Gasteiger partial charge in [-0.25, -0.2) is 13.8 Å². The number of anilines is 1. The summed E-state index contributed by atoms with van der Waals surface area (Å²) in [5.41, 5.74) is -1.35. The van der Waals surface area contributed by atoms with Gasteiger partial charge in [-0.1, -0.05) is 6.92 Å². The first-order valence-electron chi connectivity index (χ1n) is 10.6. The van der Waals surface area contributed by atoms with E-state index in [-0.39, 0.29) is 24.0 Å². The Morgan fingerprint density at radius 3 is 2.53 bits per heavy atom. The number of nitrogens with zero attached hydrogens (tertiary/aromatic N) is 5. The van der Waals surface area contributed by atoms with E-state index in [0.717, 1.165) is 29.5 Å². The molecule has 2 atom stereocenters. The summed E-state index contributed by atoms with van der Waals surface area (Å²) in [6, 6.07) is 3.81. The average Bonchev–Trinajstić information content (AvgIpc) is 3.34. The van der Waals surface area contributed by atoms with Gasteiger partial charge in [-0.2, -0.15) is 28.2 Å². The lowest BCUT2D eigenvalue weighted by Gasteiger charge is -2.40. The van der Waals surface area contributed by atoms with E-state index in [1.165, 1.54) is 29.4 Å². The van der Waals surface area contributed by atoms with E-state index in [9.17, 15) is 26.7 Å². The minimum Gasteiger partial charge on any atom is -0.368 e. The molecule has 1 aromatic carbocycles. The molecule has 0 aliphatic carbocycles. The van der Waals surface area contributed by atoms with Crippen LogP contribution in [0.3, 0.4) is 0 Å². The second-order valence-corrected chi connectivity index (χ2v) is 8.07. The molecular weight excluding hydrogens is 459 g/mol. The number of aromatic nitrogens is 4. The molecule has 1 amide bonds. The van der Waals surface area contributed by atoms with Crippen LogP contribution in [0.15, 0.2) is 42.9 Å². The average molecular weight is 480 g/mol. The molecular formula is C22H21F5N6O. The van der Waals surface area contributed by atoms with E-state index in [1.807, 2.05) is 6.92 Å². The van der Waals surface area contributed by atoms with E-state index in [2.05, 4.69) is 20.5 Å². The number of halogens is 5. The van der Waals surface area contributed by atoms with Gasteiger partial charge in [0.1, 0.15) is 17.1 Å². The second-order valence-electron chi connectivity index (χ2n) is 8.07. The highest BCUT2D eigenvalue weighted by Crippen LogP contribution is 2.30. The van der Waals surface area contributed by atoms with Crippen LogP contribution >= 0.6 is 0 Å². The molecule has 3 aromatic rings. The van der Waals surface area contributed by atoms with Crippen molar-refractivity contribution in [2.75, 3.05) is 18.4 Å². The number of nitrogens with one attached hydrogen (secondary N) is 1. The Hall–Kier alpha value is -3.57. The summed E-state index contributed by atoms with van der Waals surface area (Å²) in [5.74, 6) is -3.00. The highest BCUT2D eigenvalue weighted by Gasteiger charge is 2.36. The van der Waals surface area contributed by atoms with Crippen LogP contribution in [-0.4, -0.2) is 49.9 Å². The lowest BCUT2D eigenvalue weighted by Crippen LogP contribution is -2.51. The first-order valence-corrected chi connectivity index (χ1v) is 10.6. The van der Waals surface area contributed by atoms with Crippen molar-refractivity contribution in [1.29, 1.82) is 0 Å². The first-order chi connectivity index (χ1) is 16.2. The zero-order valence-corrected chi connectivity index (χ0v) is 18.1. The maximum atomic E-state index is 14.9. The van der Waals surface area contributed by atoms with Gasteiger partial charge in [-0.05, 0) is 43.0 Å². The number of amides is 1. The van der Waals surface area contributed by atoms with E-state index in [4.69, 9.17) is 0 Å². The van der Waals surface area contributed by atoms with Crippen molar-refractivity contribution in [1.82, 2.24) is 24.9 Å². The van der Waals surface area contributed by atoms with Crippen molar-refractivity contribution in [3.05, 3.63) is 65.6 Å². The molecule has 12 heteroatoms. The van der Waals surface area contributed by atoms with Gasteiger partial charge in [0.25, 0.3) is 5.91 Å². The molecule has 0 spiro atoms. The van der Waals surface area contributed by atoms with Crippen LogP contribution in [0.2, 0.25) is 0 Å². The summed E-state index contributed by atoms with van der Waals surface area (Å²) < 4.78 is 67.3. The Morgan fingerprint density at radius 2 is 1.88 bits per heavy atom. The van der Waals surface area contributed by atoms with Gasteiger partial charge in [-0.15, -0.1) is 0 Å². The number of piperidine rings is 1. The topological polar surface area (TPSA) is 75.9 Å². The fraction of sp³-hybridized carbons (Fsp3) is 0.364. The zero-order chi connectivity index (χ0) is 24.5. The number of hydrogen-bond donors (Lipinski definition) is 1. The van der Waals surface area contributed by atoms with Crippen LogP contribution in [0, 0.1) is 17.6 Å². The predicted molar refractivity (Wildman–Crippen MR) is 112 cm³/mol. The summed E-state index contributed by atoms with van der Waals surface area (Å²) in [5, 5.41) is 10.8. The number of carbonyl (C=O) groups is 1. The molecule has 7 nitrogen and oxygen atoms in total. The molecule has 4 rings (SSSR count). The normalized spacial score (nSPS) is 18.7. The van der Waals surface area contributed by atoms with Crippen LogP contribution in [0.5, 0.6) is 0 Å². The molecule has 180 valence electrons. The molecule has 0 bridgehead atoms. The lowest BCUT2D eigenvalue weighted by atomic mass is 9.90. The van der Waals surface area contributed by atoms with Gasteiger partial charge in [0.2, 0.25) is 0 Å². The number of alkyl halides is 3. The minimum absolute atomic E-state index is 0.00300. The fourth-order valence-electron chi connectivity index (χ4n) is 4.08. The van der Waals surface area contributed by atoms with E-state index in [1.54, 1.807) is 0 Å². The van der Waals surface area contributed by atoms with Crippen molar-refractivity contribution in [3.8, 4) is 5.69 Å². The smallest absolute Gasteiger partial charge is 0.368 e. The minimum atomic E-state index is -4.50. The van der Waals surface area contributed by atoms with Crippen molar-refractivity contribution >= 4 is 11.7 Å². The van der Waals surface area contributed by atoms with Gasteiger partial charge in [0.05, 0.1) is 24.0 Å². The molecule has 1 fully saturated rings. The monoisotopic (exact) mass is 480 g/mol. The first kappa shape index (κ1) is 23.6. The summed E-state index contributed by atoms with van der Waals surface area (Å²) in [7, 11) is 0. The van der Waals surface area contributed by atoms with Gasteiger partial charge in [-0.3, -0.25) is 4.79 Å². The molecule has 0 saturated carbocycles. The molecule has 1 aliphatic rings. The third-order valence-corrected chi connectivity index (χ3v) is 5.88. The van der Waals surface area contributed by atoms with Crippen LogP contribution in [0.1, 0.15) is 35.7 Å². The Bertz CT molecular complexity index is 1150. The molecule has 2 aromatic heterocycles. The molecule has 1 N–H and O–H groups in total. The highest BCUT2D eigenvalue weighted by atomic mass is 19.4. The van der Waals surface area contributed by atoms with Gasteiger partial charge in [0, 0.05) is 19.3 Å². The maximum Gasteiger partial charge on any atom is 0.417 e. The number of benzene rings is 1. The van der Waals surface area contributed by atoms with Crippen LogP contribution in [0.25, 0.3) is 5.69 Å². The van der Waals surface area contributed by atoms with Gasteiger partial charge < -0.3 is 10.2 Å². The standard InChI is InChI=1S/C22H21F5N6O/c1-13-3-2-10-32(17(13)12-29-18-7-4-14(11-28-18)22(25,26)27)21(34)19-16(33-30-8-9-31-33)6-5-15(23)20(19)24/h4-9,11,13,17H,2-3,10,12H2,1H3,(H,28,29)/t13-,17?/m1/s1. The zero-order valence-electron chi connectivity index (χ0n) is 18.1. The Labute approximate surface area is 191 Å². The third kappa shape index (κ3) is 4.70. The number of likely N-dealkylation sites (tertiary alicyclic amines) is 1. The van der Waals surface area contributed by atoms with Gasteiger partial charge in [0.15, 0.2) is 11.6 Å². The lowest BCUT2D eigenvalue weighted by molar-refractivity contribution is -0.137. The molecule has 3 heterocycles. The summed E-state index contributed by atoms with van der Waals surface area (Å²) in [4.78, 5) is 19.8. The maximum absolute atomic E-state index is 14.9. The van der Waals surface area contributed by atoms with E-state index < -0.39 is 40.9 Å². The van der Waals surface area contributed by atoms with Crippen LogP contribution < -0.4 is 5.32 Å². The highest BCUT2D eigenvalue weighted by molar-refractivity contribution is 5.98. The van der Waals surface area contributed by atoms with Crippen molar-refractivity contribution in [2.45, 2.75) is 32.0 Å². The van der Waals surface area contributed by atoms with Gasteiger partial charge >= 0.3 is 6.18 Å². The van der Waals surface area contributed by atoms with Crippen molar-refractivity contribution in [2.24, 2.45) is 5.92 Å². The largest absolute Gasteiger partial charge is 0.417 e. The molecule has 0 radical (unpaired) electrons. The Kier molecular flexibility index (Phi) is 6.49. The predicted octanol–water partition coefficient (Wildman–Crippen LogP) is 4.31. The number of carbonyl (C=O) groups excluding carboxylic acids is 1. The quantitative estimate of drug-likeness (QED) is 0.551. The number of pyridine rings is 1. The van der Waals surface area contributed by atoms with E-state index >= 15 is 0 Å². The number of rotatable bonds is 5. The summed E-state index contributed by atoms with van der Waals surface area (Å²) in [6.45, 7) is 2.39. The van der Waals surface area contributed by atoms with Crippen molar-refractivity contribution in [3.63, 3.8) is 0 Å². The van der Waals surface area contributed by atoms with Crippen molar-refractivity contribution < 1.29 is 26.7 Å². The SMILES string of the molecule is C[C@@H]1CCCN(C(=O)c2c(-n3nccn3)ccc(F)c2F)C1CNc1ccc(C(F)(F)F)cn1. The number of hydrogen-bond acceptors (Lipinski definition) is 5. The molecule has 34 heavy (non-hydrogen) atoms. The third-order valence-electron chi connectivity index (χ3n) is 5.88. The Balaban J connectivity index is 1.59. The molecule has 1 saturated heterocycles. The van der Waals surface area contributed by atoms with Crippen LogP contribution in [0.4, 0.5) is 27.8 Å². The fourth-order valence-corrected chi connectivity index (χ4v) is 4.08. The van der Waals surface area contributed by atoms with Crippen LogP contribution in [-0.2, 0) is 6.18 Å². The van der Waals surface area contributed by atoms with E-state index in [0.29, 0.717) is 13.0 Å². The molecule has 1 unspecified atom stereocenters. The molecule has 1 aliphatic heterocycles. The summed E-state index contributed by atoms with van der Waals surface area (Å²) in [6.07, 6.45) is 0.373.